The number of amides is 7. The van der Waals surface area contributed by atoms with Crippen molar-refractivity contribution < 1.29 is 38.4 Å². The van der Waals surface area contributed by atoms with E-state index in [9.17, 15) is 38.4 Å². The summed E-state index contributed by atoms with van der Waals surface area (Å²) in [6, 6.07) is 0. The first-order valence-electron chi connectivity index (χ1n) is 16.7. The molecule has 2 N–H and O–H groups in total. The van der Waals surface area contributed by atoms with Crippen LogP contribution in [0.5, 0.6) is 0 Å². The molecule has 15 nitrogen and oxygen atoms in total. The molecule has 0 radical (unpaired) electrons. The highest BCUT2D eigenvalue weighted by Crippen LogP contribution is 2.06. The Balaban J connectivity index is 5.76. The number of hydrogen-bond donors (Lipinski definition) is 2. The Morgan fingerprint density at radius 3 is 1.08 bits per heavy atom. The molecule has 0 spiro atoms. The fourth-order valence-corrected chi connectivity index (χ4v) is 4.64. The lowest BCUT2D eigenvalue weighted by molar-refractivity contribution is -0.135. The van der Waals surface area contributed by atoms with Crippen molar-refractivity contribution in [3.63, 3.8) is 0 Å². The lowest BCUT2D eigenvalue weighted by atomic mass is 10.2. The average molecular weight is 724 g/mol. The van der Waals surface area contributed by atoms with Crippen molar-refractivity contribution in [3.8, 4) is 0 Å². The van der Waals surface area contributed by atoms with E-state index in [2.05, 4.69) is 56.7 Å². The Kier molecular flexibility index (Phi) is 23.9. The van der Waals surface area contributed by atoms with E-state index in [1.54, 1.807) is 0 Å². The summed E-state index contributed by atoms with van der Waals surface area (Å²) < 4.78 is 0. The number of ketones is 1. The molecule has 52 heavy (non-hydrogen) atoms. The summed E-state index contributed by atoms with van der Waals surface area (Å²) in [6.07, 6.45) is 8.23. The highest BCUT2D eigenvalue weighted by molar-refractivity contribution is 5.90. The number of rotatable bonds is 29. The molecule has 0 aromatic carbocycles. The molecule has 0 aromatic rings. The van der Waals surface area contributed by atoms with Crippen molar-refractivity contribution in [1.29, 1.82) is 0 Å². The maximum absolute atomic E-state index is 13.5. The summed E-state index contributed by atoms with van der Waals surface area (Å²) in [5, 5.41) is 5.18. The van der Waals surface area contributed by atoms with E-state index in [-0.39, 0.29) is 103 Å². The van der Waals surface area contributed by atoms with Crippen molar-refractivity contribution in [2.75, 3.05) is 78.5 Å². The van der Waals surface area contributed by atoms with Crippen LogP contribution >= 0.6 is 0 Å². The third kappa shape index (κ3) is 18.8. The molecule has 0 aromatic heterocycles. The standard InChI is InChI=1S/C37H53N7O8/c1-8-30(45)16-15-20-40(24-26-42(34(49)12-5)22-18-38-31(46)9-2)37(52)17-21-41(33(48)11-4)25-28-44(36(51)14-7)29-27-43(35(50)13-6)23-19-39-32(47)10-3/h8-14H,1-7,15-29H2,(H,38,46)(H,39,47). The zero-order valence-corrected chi connectivity index (χ0v) is 30.1. The van der Waals surface area contributed by atoms with E-state index >= 15 is 0 Å². The third-order valence-electron chi connectivity index (χ3n) is 7.62. The summed E-state index contributed by atoms with van der Waals surface area (Å²) in [5.41, 5.74) is 0. The number of hydrogen-bond acceptors (Lipinski definition) is 8. The van der Waals surface area contributed by atoms with Crippen LogP contribution in [-0.4, -0.2) is 150 Å². The third-order valence-corrected chi connectivity index (χ3v) is 7.62. The fraction of sp³-hybridized carbons (Fsp3) is 0.405. The molecule has 0 aliphatic rings. The summed E-state index contributed by atoms with van der Waals surface area (Å²) in [7, 11) is 0. The van der Waals surface area contributed by atoms with Crippen LogP contribution < -0.4 is 10.6 Å². The first kappa shape index (κ1) is 46.1. The van der Waals surface area contributed by atoms with Gasteiger partial charge in [-0.05, 0) is 49.0 Å². The predicted octanol–water partition coefficient (Wildman–Crippen LogP) is 0.403. The normalized spacial score (nSPS) is 9.92. The number of carbonyl (C=O) groups excluding carboxylic acids is 8. The molecule has 15 heteroatoms. The van der Waals surface area contributed by atoms with Crippen LogP contribution in [-0.2, 0) is 38.4 Å². The second kappa shape index (κ2) is 26.9. The van der Waals surface area contributed by atoms with Crippen molar-refractivity contribution in [2.45, 2.75) is 19.3 Å². The molecule has 0 rings (SSSR count). The van der Waals surface area contributed by atoms with Gasteiger partial charge in [-0.15, -0.1) is 0 Å². The van der Waals surface area contributed by atoms with Crippen molar-refractivity contribution in [1.82, 2.24) is 35.1 Å². The number of carbonyl (C=O) groups is 8. The van der Waals surface area contributed by atoms with E-state index < -0.39 is 35.4 Å². The van der Waals surface area contributed by atoms with E-state index in [1.807, 2.05) is 0 Å². The summed E-state index contributed by atoms with van der Waals surface area (Å²) in [4.78, 5) is 106. The summed E-state index contributed by atoms with van der Waals surface area (Å²) in [5.74, 6) is -3.08. The van der Waals surface area contributed by atoms with Gasteiger partial charge in [0.25, 0.3) is 0 Å². The van der Waals surface area contributed by atoms with Gasteiger partial charge in [0.1, 0.15) is 0 Å². The minimum atomic E-state index is -0.479. The molecule has 0 bridgehead atoms. The molecule has 0 saturated carbocycles. The Hall–Kier alpha value is -5.86. The van der Waals surface area contributed by atoms with Crippen LogP contribution in [0.25, 0.3) is 0 Å². The molecule has 284 valence electrons. The molecular formula is C37H53N7O8. The molecule has 0 saturated heterocycles. The van der Waals surface area contributed by atoms with E-state index in [4.69, 9.17) is 0 Å². The molecule has 0 heterocycles. The Labute approximate surface area is 306 Å². The second-order valence-corrected chi connectivity index (χ2v) is 11.0. The molecular weight excluding hydrogens is 670 g/mol. The van der Waals surface area contributed by atoms with Gasteiger partial charge < -0.3 is 35.1 Å². The fourth-order valence-electron chi connectivity index (χ4n) is 4.64. The van der Waals surface area contributed by atoms with Crippen LogP contribution in [0.3, 0.4) is 0 Å². The van der Waals surface area contributed by atoms with Crippen molar-refractivity contribution in [2.24, 2.45) is 0 Å². The van der Waals surface area contributed by atoms with Crippen LogP contribution in [0, 0.1) is 0 Å². The maximum Gasteiger partial charge on any atom is 0.246 e. The van der Waals surface area contributed by atoms with Crippen LogP contribution in [0.4, 0.5) is 0 Å². The molecule has 0 unspecified atom stereocenters. The Morgan fingerprint density at radius 1 is 0.385 bits per heavy atom. The molecule has 0 aliphatic heterocycles. The van der Waals surface area contributed by atoms with Gasteiger partial charge in [0.15, 0.2) is 5.78 Å². The number of allylic oxidation sites excluding steroid dienone is 1. The summed E-state index contributed by atoms with van der Waals surface area (Å²) in [6.45, 7) is 25.5. The lowest BCUT2D eigenvalue weighted by Crippen LogP contribution is -2.46. The van der Waals surface area contributed by atoms with Crippen LogP contribution in [0.1, 0.15) is 19.3 Å². The van der Waals surface area contributed by atoms with Gasteiger partial charge in [-0.1, -0.05) is 46.1 Å². The Bertz CT molecular complexity index is 1360. The van der Waals surface area contributed by atoms with Gasteiger partial charge in [0.2, 0.25) is 41.4 Å². The van der Waals surface area contributed by atoms with Gasteiger partial charge in [0.05, 0.1) is 0 Å². The van der Waals surface area contributed by atoms with Gasteiger partial charge >= 0.3 is 0 Å². The van der Waals surface area contributed by atoms with Crippen molar-refractivity contribution >= 4 is 47.1 Å². The quantitative estimate of drug-likeness (QED) is 0.104. The van der Waals surface area contributed by atoms with E-state index in [0.29, 0.717) is 6.42 Å². The van der Waals surface area contributed by atoms with Crippen LogP contribution in [0.2, 0.25) is 0 Å². The van der Waals surface area contributed by atoms with Gasteiger partial charge in [0, 0.05) is 91.4 Å². The number of nitrogens with zero attached hydrogens (tertiary/aromatic N) is 5. The van der Waals surface area contributed by atoms with Crippen LogP contribution in [0.15, 0.2) is 88.6 Å². The smallest absolute Gasteiger partial charge is 0.246 e. The Morgan fingerprint density at radius 2 is 0.731 bits per heavy atom. The molecule has 0 fully saturated rings. The number of nitrogens with one attached hydrogen (secondary N) is 2. The first-order valence-corrected chi connectivity index (χ1v) is 16.7. The first-order chi connectivity index (χ1) is 24.8. The minimum absolute atomic E-state index is 0.0222. The highest BCUT2D eigenvalue weighted by Gasteiger charge is 2.22. The van der Waals surface area contributed by atoms with Crippen molar-refractivity contribution in [3.05, 3.63) is 88.6 Å². The molecule has 0 atom stereocenters. The average Bonchev–Trinajstić information content (AvgIpc) is 3.16. The molecule has 7 amide bonds. The zero-order chi connectivity index (χ0) is 39.5. The maximum atomic E-state index is 13.5. The topological polar surface area (TPSA) is 177 Å². The van der Waals surface area contributed by atoms with Gasteiger partial charge in [-0.2, -0.15) is 0 Å². The van der Waals surface area contributed by atoms with E-state index in [1.165, 1.54) is 30.6 Å². The second-order valence-electron chi connectivity index (χ2n) is 11.0. The monoisotopic (exact) mass is 723 g/mol. The van der Waals surface area contributed by atoms with E-state index in [0.717, 1.165) is 36.5 Å². The summed E-state index contributed by atoms with van der Waals surface area (Å²) >= 11 is 0. The predicted molar refractivity (Wildman–Crippen MR) is 199 cm³/mol. The zero-order valence-electron chi connectivity index (χ0n) is 30.1. The largest absolute Gasteiger partial charge is 0.351 e. The van der Waals surface area contributed by atoms with Gasteiger partial charge in [-0.25, -0.2) is 0 Å². The SMILES string of the molecule is C=CC(=O)CCCN(CCN(CCNC(=O)C=C)C(=O)C=C)C(=O)CCN(CCN(CCN(CCNC(=O)C=C)C(=O)C=C)C(=O)C=C)C(=O)C=C. The lowest BCUT2D eigenvalue weighted by Gasteiger charge is -2.30. The molecule has 0 aliphatic carbocycles. The highest BCUT2D eigenvalue weighted by atomic mass is 16.2. The minimum Gasteiger partial charge on any atom is -0.351 e. The van der Waals surface area contributed by atoms with Gasteiger partial charge in [-0.3, -0.25) is 38.4 Å².